The van der Waals surface area contributed by atoms with E-state index in [9.17, 15) is 4.79 Å². The Bertz CT molecular complexity index is 924. The van der Waals surface area contributed by atoms with Gasteiger partial charge in [-0.1, -0.05) is 36.4 Å². The highest BCUT2D eigenvalue weighted by atomic mass is 16.2. The minimum absolute atomic E-state index is 0.170. The highest BCUT2D eigenvalue weighted by Crippen LogP contribution is 2.43. The van der Waals surface area contributed by atoms with Crippen molar-refractivity contribution in [2.75, 3.05) is 11.9 Å². The molecule has 4 rings (SSSR count). The van der Waals surface area contributed by atoms with Gasteiger partial charge < -0.3 is 9.47 Å². The van der Waals surface area contributed by atoms with Crippen molar-refractivity contribution in [2.24, 2.45) is 7.05 Å². The van der Waals surface area contributed by atoms with Crippen LogP contribution in [0.5, 0.6) is 0 Å². The first kappa shape index (κ1) is 14.1. The molecule has 1 unspecified atom stereocenters. The predicted molar refractivity (Wildman–Crippen MR) is 93.8 cm³/mol. The van der Waals surface area contributed by atoms with Gasteiger partial charge in [-0.15, -0.1) is 0 Å². The van der Waals surface area contributed by atoms with E-state index < -0.39 is 5.41 Å². The summed E-state index contributed by atoms with van der Waals surface area (Å²) in [5, 5.41) is 1.22. The molecule has 0 fully saturated rings. The zero-order valence-corrected chi connectivity index (χ0v) is 13.7. The van der Waals surface area contributed by atoms with Gasteiger partial charge in [0.1, 0.15) is 0 Å². The highest BCUT2D eigenvalue weighted by Gasteiger charge is 2.46. The fourth-order valence-electron chi connectivity index (χ4n) is 3.88. The Balaban J connectivity index is 1.84. The third kappa shape index (κ3) is 1.86. The SMILES string of the molecule is CN1C(=O)C(C)(Cc2cc3ccccc3n2C)c2ccccc21. The molecule has 1 aromatic heterocycles. The maximum atomic E-state index is 12.9. The van der Waals surface area contributed by atoms with Crippen LogP contribution < -0.4 is 4.90 Å². The number of anilines is 1. The van der Waals surface area contributed by atoms with Crippen LogP contribution in [0.2, 0.25) is 0 Å². The number of carbonyl (C=O) groups is 1. The molecule has 1 amide bonds. The van der Waals surface area contributed by atoms with E-state index >= 15 is 0 Å². The number of likely N-dealkylation sites (N-methyl/N-ethyl adjacent to an activating group) is 1. The first-order valence-corrected chi connectivity index (χ1v) is 7.93. The van der Waals surface area contributed by atoms with E-state index in [0.717, 1.165) is 11.3 Å². The normalized spacial score (nSPS) is 20.3. The molecule has 0 saturated carbocycles. The molecule has 2 heterocycles. The molecule has 1 aliphatic rings. The van der Waals surface area contributed by atoms with Crippen LogP contribution in [0.15, 0.2) is 54.6 Å². The second-order valence-corrected chi connectivity index (χ2v) is 6.64. The summed E-state index contributed by atoms with van der Waals surface area (Å²) in [6.45, 7) is 2.06. The number of hydrogen-bond acceptors (Lipinski definition) is 1. The van der Waals surface area contributed by atoms with Crippen LogP contribution in [0.4, 0.5) is 5.69 Å². The van der Waals surface area contributed by atoms with Gasteiger partial charge in [-0.3, -0.25) is 4.79 Å². The Morgan fingerprint density at radius 1 is 1.00 bits per heavy atom. The first-order valence-electron chi connectivity index (χ1n) is 7.93. The topological polar surface area (TPSA) is 25.2 Å². The van der Waals surface area contributed by atoms with Crippen molar-refractivity contribution in [2.45, 2.75) is 18.8 Å². The molecular weight excluding hydrogens is 284 g/mol. The number of aryl methyl sites for hydroxylation is 1. The van der Waals surface area contributed by atoms with Crippen molar-refractivity contribution in [3.8, 4) is 0 Å². The van der Waals surface area contributed by atoms with Crippen LogP contribution >= 0.6 is 0 Å². The fourth-order valence-corrected chi connectivity index (χ4v) is 3.88. The quantitative estimate of drug-likeness (QED) is 0.709. The molecule has 2 aromatic carbocycles. The van der Waals surface area contributed by atoms with Crippen molar-refractivity contribution in [1.82, 2.24) is 4.57 Å². The number of amides is 1. The summed E-state index contributed by atoms with van der Waals surface area (Å²) < 4.78 is 2.20. The van der Waals surface area contributed by atoms with Crippen LogP contribution in [0.3, 0.4) is 0 Å². The summed E-state index contributed by atoms with van der Waals surface area (Å²) in [6, 6.07) is 18.7. The van der Waals surface area contributed by atoms with Crippen LogP contribution in [0, 0.1) is 0 Å². The van der Waals surface area contributed by atoms with Gasteiger partial charge in [0.05, 0.1) is 5.41 Å². The monoisotopic (exact) mass is 304 g/mol. The average Bonchev–Trinajstić information content (AvgIpc) is 2.98. The molecule has 3 aromatic rings. The molecule has 1 aliphatic heterocycles. The summed E-state index contributed by atoms with van der Waals surface area (Å²) in [4.78, 5) is 14.7. The molecule has 3 heteroatoms. The maximum absolute atomic E-state index is 12.9. The minimum Gasteiger partial charge on any atom is -0.348 e. The van der Waals surface area contributed by atoms with Crippen LogP contribution in [-0.4, -0.2) is 17.5 Å². The van der Waals surface area contributed by atoms with Gasteiger partial charge >= 0.3 is 0 Å². The molecular formula is C20H20N2O. The van der Waals surface area contributed by atoms with Crippen LogP contribution in [-0.2, 0) is 23.7 Å². The number of benzene rings is 2. The van der Waals surface area contributed by atoms with E-state index in [1.807, 2.05) is 25.2 Å². The summed E-state index contributed by atoms with van der Waals surface area (Å²) in [5.74, 6) is 0.170. The summed E-state index contributed by atoms with van der Waals surface area (Å²) in [5.41, 5.74) is 4.04. The van der Waals surface area contributed by atoms with Crippen molar-refractivity contribution < 1.29 is 4.79 Å². The van der Waals surface area contributed by atoms with Crippen molar-refractivity contribution in [1.29, 1.82) is 0 Å². The lowest BCUT2D eigenvalue weighted by molar-refractivity contribution is -0.122. The van der Waals surface area contributed by atoms with Gasteiger partial charge in [0.15, 0.2) is 0 Å². The Labute approximate surface area is 136 Å². The lowest BCUT2D eigenvalue weighted by atomic mass is 9.79. The zero-order chi connectivity index (χ0) is 16.2. The van der Waals surface area contributed by atoms with Crippen LogP contribution in [0.1, 0.15) is 18.2 Å². The first-order chi connectivity index (χ1) is 11.0. The van der Waals surface area contributed by atoms with E-state index in [0.29, 0.717) is 6.42 Å². The molecule has 0 spiro atoms. The molecule has 0 radical (unpaired) electrons. The Hall–Kier alpha value is -2.55. The Morgan fingerprint density at radius 3 is 2.48 bits per heavy atom. The zero-order valence-electron chi connectivity index (χ0n) is 13.7. The van der Waals surface area contributed by atoms with E-state index in [2.05, 4.69) is 54.9 Å². The maximum Gasteiger partial charge on any atom is 0.237 e. The molecule has 1 atom stereocenters. The molecule has 0 N–H and O–H groups in total. The number of carbonyl (C=O) groups excluding carboxylic acids is 1. The van der Waals surface area contributed by atoms with Gasteiger partial charge in [-0.05, 0) is 36.1 Å². The lowest BCUT2D eigenvalue weighted by Crippen LogP contribution is -2.38. The minimum atomic E-state index is -0.506. The number of fused-ring (bicyclic) bond motifs is 2. The Morgan fingerprint density at radius 2 is 1.70 bits per heavy atom. The van der Waals surface area contributed by atoms with Crippen LogP contribution in [0.25, 0.3) is 10.9 Å². The summed E-state index contributed by atoms with van der Waals surface area (Å²) in [6.07, 6.45) is 0.707. The van der Waals surface area contributed by atoms with E-state index in [-0.39, 0.29) is 5.91 Å². The summed E-state index contributed by atoms with van der Waals surface area (Å²) >= 11 is 0. The third-order valence-corrected chi connectivity index (χ3v) is 5.22. The third-order valence-electron chi connectivity index (χ3n) is 5.22. The molecule has 0 aliphatic carbocycles. The standard InChI is InChI=1S/C20H20N2O/c1-20(16-9-5-7-11-18(16)22(3)19(20)23)13-15-12-14-8-4-6-10-17(14)21(15)2/h4-12H,13H2,1-3H3. The van der Waals surface area contributed by atoms with Gasteiger partial charge in [-0.2, -0.15) is 0 Å². The van der Waals surface area contributed by atoms with E-state index in [1.54, 1.807) is 4.90 Å². The molecule has 0 saturated heterocycles. The molecule has 116 valence electrons. The van der Waals surface area contributed by atoms with Crippen molar-refractivity contribution >= 4 is 22.5 Å². The predicted octanol–water partition coefficient (Wildman–Crippen LogP) is 3.66. The van der Waals surface area contributed by atoms with Gasteiger partial charge in [0.2, 0.25) is 5.91 Å². The van der Waals surface area contributed by atoms with Gasteiger partial charge in [-0.25, -0.2) is 0 Å². The number of nitrogens with zero attached hydrogens (tertiary/aromatic N) is 2. The van der Waals surface area contributed by atoms with Crippen molar-refractivity contribution in [3.63, 3.8) is 0 Å². The second kappa shape index (κ2) is 4.72. The Kier molecular flexibility index (Phi) is 2.89. The number of aromatic nitrogens is 1. The molecule has 0 bridgehead atoms. The number of para-hydroxylation sites is 2. The number of rotatable bonds is 2. The van der Waals surface area contributed by atoms with E-state index in [1.165, 1.54) is 16.6 Å². The average molecular weight is 304 g/mol. The molecule has 23 heavy (non-hydrogen) atoms. The number of hydrogen-bond donors (Lipinski definition) is 0. The second-order valence-electron chi connectivity index (χ2n) is 6.64. The van der Waals surface area contributed by atoms with Gasteiger partial charge in [0.25, 0.3) is 0 Å². The fraction of sp³-hybridized carbons (Fsp3) is 0.250. The van der Waals surface area contributed by atoms with E-state index in [4.69, 9.17) is 0 Å². The van der Waals surface area contributed by atoms with Gasteiger partial charge in [0, 0.05) is 37.4 Å². The summed E-state index contributed by atoms with van der Waals surface area (Å²) in [7, 11) is 3.95. The highest BCUT2D eigenvalue weighted by molar-refractivity contribution is 6.07. The lowest BCUT2D eigenvalue weighted by Gasteiger charge is -2.23. The van der Waals surface area contributed by atoms with Crippen molar-refractivity contribution in [3.05, 3.63) is 65.9 Å². The largest absolute Gasteiger partial charge is 0.348 e. The smallest absolute Gasteiger partial charge is 0.237 e. The molecule has 3 nitrogen and oxygen atoms in total.